The van der Waals surface area contributed by atoms with E-state index in [0.29, 0.717) is 6.42 Å². The molecule has 1 aliphatic heterocycles. The van der Waals surface area contributed by atoms with Crippen LogP contribution in [0.1, 0.15) is 106 Å². The van der Waals surface area contributed by atoms with Crippen molar-refractivity contribution in [3.05, 3.63) is 0 Å². The third-order valence-corrected chi connectivity index (χ3v) is 11.5. The van der Waals surface area contributed by atoms with E-state index in [-0.39, 0.29) is 106 Å². The highest BCUT2D eigenvalue weighted by Crippen LogP contribution is 2.20. The van der Waals surface area contributed by atoms with Crippen molar-refractivity contribution >= 4 is 77.8 Å². The molecule has 0 radical (unpaired) electrons. The van der Waals surface area contributed by atoms with Crippen molar-refractivity contribution < 1.29 is 53.4 Å². The van der Waals surface area contributed by atoms with Gasteiger partial charge in [0.25, 0.3) is 0 Å². The molecule has 27 heteroatoms. The van der Waals surface area contributed by atoms with Crippen molar-refractivity contribution in [3.8, 4) is 0 Å². The fraction of sp³-hybridized carbons (Fsp3) is 0.750. The highest BCUT2D eigenvalue weighted by atomic mass is 32.1. The van der Waals surface area contributed by atoms with Gasteiger partial charge in [0.05, 0.1) is 12.6 Å². The number of nitrogens with zero attached hydrogens (tertiary/aromatic N) is 3. The van der Waals surface area contributed by atoms with Gasteiger partial charge in [-0.25, -0.2) is 4.79 Å². The number of guanidine groups is 2. The summed E-state index contributed by atoms with van der Waals surface area (Å²) in [5, 5.41) is 38.1. The smallest absolute Gasteiger partial charge is 0.326 e. The molecular formula is C44H81N15O11S. The van der Waals surface area contributed by atoms with Crippen LogP contribution >= 0.6 is 12.6 Å². The third-order valence-electron chi connectivity index (χ3n) is 11.1. The molecule has 71 heavy (non-hydrogen) atoms. The van der Waals surface area contributed by atoms with Crippen LogP contribution in [0.4, 0.5) is 0 Å². The first-order valence-electron chi connectivity index (χ1n) is 24.0. The Morgan fingerprint density at radius 1 is 0.592 bits per heavy atom. The lowest BCUT2D eigenvalue weighted by Crippen LogP contribution is -2.60. The first-order chi connectivity index (χ1) is 33.2. The standard InChI is InChI=1S/C44H81N15O11S/c1-22(2)17-29(55-34(61)26(45)21-71)36(63)56-30(18-23(3)4)37(64)57-31(19-24(5)6)38(65)58-32(20-60)39(66)52-25(7)41(68)59-16-10-13-33(59)40(67)53-27(11-8-14-50-43(46)47)35(62)54-28(42(69)70)12-9-15-51-44(48)49/h22-33,60,71H,8-21,45H2,1-7H3,(H,52,66)(H,53,67)(H,54,62)(H,55,61)(H,56,63)(H,57,64)(H,58,65)(H,69,70)(H4,46,47,50)(H4,48,49,51). The second-order valence-corrected chi connectivity index (χ2v) is 19.2. The van der Waals surface area contributed by atoms with Crippen LogP contribution in [0.3, 0.4) is 0 Å². The maximum atomic E-state index is 13.9. The Balaban J connectivity index is 3.19. The lowest BCUT2D eigenvalue weighted by Gasteiger charge is -2.30. The first kappa shape index (κ1) is 63.1. The van der Waals surface area contributed by atoms with Crippen LogP contribution in [0.15, 0.2) is 9.98 Å². The number of rotatable bonds is 32. The molecule has 0 spiro atoms. The largest absolute Gasteiger partial charge is 0.480 e. The van der Waals surface area contributed by atoms with Crippen molar-refractivity contribution in [2.75, 3.05) is 32.0 Å². The molecule has 404 valence electrons. The number of carbonyl (C=O) groups is 9. The Kier molecular flexibility index (Phi) is 28.5. The van der Waals surface area contributed by atoms with Gasteiger partial charge in [-0.15, -0.1) is 0 Å². The van der Waals surface area contributed by atoms with Crippen LogP contribution < -0.4 is 65.9 Å². The van der Waals surface area contributed by atoms with Crippen molar-refractivity contribution in [2.24, 2.45) is 56.4 Å². The fourth-order valence-corrected chi connectivity index (χ4v) is 7.65. The van der Waals surface area contributed by atoms with E-state index in [0.717, 1.165) is 0 Å². The summed E-state index contributed by atoms with van der Waals surface area (Å²) in [4.78, 5) is 129. The maximum Gasteiger partial charge on any atom is 0.326 e. The quantitative estimate of drug-likeness (QED) is 0.0132. The van der Waals surface area contributed by atoms with E-state index < -0.39 is 114 Å². The molecule has 1 saturated heterocycles. The predicted molar refractivity (Wildman–Crippen MR) is 269 cm³/mol. The highest BCUT2D eigenvalue weighted by molar-refractivity contribution is 7.80. The predicted octanol–water partition coefficient (Wildman–Crippen LogP) is -4.03. The van der Waals surface area contributed by atoms with Gasteiger partial charge in [-0.05, 0) is 82.5 Å². The normalized spacial score (nSPS) is 16.7. The number of carboxylic acids is 1. The summed E-state index contributed by atoms with van der Waals surface area (Å²) in [6.45, 7) is 11.7. The van der Waals surface area contributed by atoms with Gasteiger partial charge < -0.3 is 81.0 Å². The molecule has 26 nitrogen and oxygen atoms in total. The number of likely N-dealkylation sites (tertiary alicyclic amines) is 1. The SMILES string of the molecule is CC(C)CC(NC(=O)C(N)CS)C(=O)NC(CC(C)C)C(=O)NC(CC(C)C)C(=O)NC(CO)C(=O)NC(C)C(=O)N1CCCC1C(=O)NC(CCCN=C(N)N)C(=O)NC(CCCN=C(N)N)C(=O)O. The van der Waals surface area contributed by atoms with Gasteiger partial charge in [-0.1, -0.05) is 41.5 Å². The van der Waals surface area contributed by atoms with Crippen LogP contribution in [-0.2, 0) is 43.2 Å². The van der Waals surface area contributed by atoms with E-state index >= 15 is 0 Å². The van der Waals surface area contributed by atoms with Crippen LogP contribution in [0, 0.1) is 17.8 Å². The van der Waals surface area contributed by atoms with Gasteiger partial charge >= 0.3 is 5.97 Å². The topological polar surface area (TPSA) is 436 Å². The molecule has 1 fully saturated rings. The lowest BCUT2D eigenvalue weighted by atomic mass is 9.98. The molecule has 0 aromatic rings. The number of aliphatic imine (C=N–C) groups is 2. The number of hydrogen-bond donors (Lipinski definition) is 15. The van der Waals surface area contributed by atoms with E-state index in [9.17, 15) is 53.4 Å². The molecule has 19 N–H and O–H groups in total. The summed E-state index contributed by atoms with van der Waals surface area (Å²) in [5.41, 5.74) is 27.3. The van der Waals surface area contributed by atoms with E-state index in [1.807, 2.05) is 27.7 Å². The average Bonchev–Trinajstić information content (AvgIpc) is 3.78. The third kappa shape index (κ3) is 23.7. The van der Waals surface area contributed by atoms with Crippen molar-refractivity contribution in [3.63, 3.8) is 0 Å². The zero-order valence-electron chi connectivity index (χ0n) is 42.1. The molecule has 0 saturated carbocycles. The molecule has 9 atom stereocenters. The minimum Gasteiger partial charge on any atom is -0.480 e. The van der Waals surface area contributed by atoms with Gasteiger partial charge in [-0.2, -0.15) is 12.6 Å². The summed E-state index contributed by atoms with van der Waals surface area (Å²) >= 11 is 4.05. The zero-order chi connectivity index (χ0) is 54.1. The van der Waals surface area contributed by atoms with Crippen molar-refractivity contribution in [1.29, 1.82) is 0 Å². The number of thiol groups is 1. The van der Waals surface area contributed by atoms with Crippen LogP contribution in [0.25, 0.3) is 0 Å². The summed E-state index contributed by atoms with van der Waals surface area (Å²) in [6, 6.07) is -11.0. The Labute approximate surface area is 421 Å². The number of nitrogens with two attached hydrogens (primary N) is 5. The number of aliphatic hydroxyl groups is 1. The molecule has 8 amide bonds. The molecule has 1 heterocycles. The molecular weight excluding hydrogens is 947 g/mol. The van der Waals surface area contributed by atoms with Crippen molar-refractivity contribution in [2.45, 2.75) is 161 Å². The van der Waals surface area contributed by atoms with E-state index in [2.05, 4.69) is 59.8 Å². The Bertz CT molecular complexity index is 1860. The fourth-order valence-electron chi connectivity index (χ4n) is 7.48. The van der Waals surface area contributed by atoms with Gasteiger partial charge in [-0.3, -0.25) is 48.3 Å². The molecule has 0 aliphatic carbocycles. The number of aliphatic carboxylic acids is 1. The molecule has 0 aromatic heterocycles. The number of amides is 8. The van der Waals surface area contributed by atoms with Gasteiger partial charge in [0.2, 0.25) is 47.3 Å². The summed E-state index contributed by atoms with van der Waals surface area (Å²) in [6.07, 6.45) is 1.41. The summed E-state index contributed by atoms with van der Waals surface area (Å²) in [7, 11) is 0. The maximum absolute atomic E-state index is 13.9. The van der Waals surface area contributed by atoms with Crippen molar-refractivity contribution in [1.82, 2.24) is 42.1 Å². The van der Waals surface area contributed by atoms with Crippen LogP contribution in [-0.4, -0.2) is 167 Å². The number of carbonyl (C=O) groups excluding carboxylic acids is 8. The summed E-state index contributed by atoms with van der Waals surface area (Å²) in [5.74, 6) is -7.92. The van der Waals surface area contributed by atoms with Gasteiger partial charge in [0.15, 0.2) is 11.9 Å². The van der Waals surface area contributed by atoms with Crippen LogP contribution in [0.2, 0.25) is 0 Å². The highest BCUT2D eigenvalue weighted by Gasteiger charge is 2.39. The minimum absolute atomic E-state index is 0.0141. The lowest BCUT2D eigenvalue weighted by molar-refractivity contribution is -0.143. The Hall–Kier alpha value is -5.96. The molecule has 0 bridgehead atoms. The number of aliphatic hydroxyl groups excluding tert-OH is 1. The first-order valence-corrected chi connectivity index (χ1v) is 24.6. The average molecular weight is 1030 g/mol. The Morgan fingerprint density at radius 2 is 0.986 bits per heavy atom. The number of hydrogen-bond acceptors (Lipinski definition) is 14. The summed E-state index contributed by atoms with van der Waals surface area (Å²) < 4.78 is 0. The van der Waals surface area contributed by atoms with Gasteiger partial charge in [0.1, 0.15) is 48.3 Å². The second kappa shape index (κ2) is 32.1. The van der Waals surface area contributed by atoms with Crippen LogP contribution in [0.5, 0.6) is 0 Å². The number of nitrogens with one attached hydrogen (secondary N) is 7. The van der Waals surface area contributed by atoms with E-state index in [4.69, 9.17) is 28.7 Å². The molecule has 1 aliphatic rings. The molecule has 0 aromatic carbocycles. The van der Waals surface area contributed by atoms with E-state index in [1.54, 1.807) is 13.8 Å². The van der Waals surface area contributed by atoms with Gasteiger partial charge in [0, 0.05) is 25.4 Å². The molecule has 9 unspecified atom stereocenters. The second-order valence-electron chi connectivity index (χ2n) is 18.9. The van der Waals surface area contributed by atoms with E-state index in [1.165, 1.54) is 11.8 Å². The Morgan fingerprint density at radius 3 is 1.39 bits per heavy atom. The number of carboxylic acid groups (broad SMARTS) is 1. The minimum atomic E-state index is -1.60. The monoisotopic (exact) mass is 1030 g/mol. The zero-order valence-corrected chi connectivity index (χ0v) is 43.0. The molecule has 1 rings (SSSR count).